The van der Waals surface area contributed by atoms with Gasteiger partial charge in [-0.2, -0.15) is 4.68 Å². The molecule has 0 bridgehead atoms. The molecule has 0 aliphatic rings. The molecule has 1 heterocycles. The number of tetrazole rings is 1. The van der Waals surface area contributed by atoms with E-state index in [0.29, 0.717) is 5.82 Å². The van der Waals surface area contributed by atoms with E-state index >= 15 is 0 Å². The first kappa shape index (κ1) is 14.0. The summed E-state index contributed by atoms with van der Waals surface area (Å²) in [5.74, 6) is 0.697. The zero-order chi connectivity index (χ0) is 15.4. The number of rotatable bonds is 4. The molecule has 5 heteroatoms. The number of hydrogen-bond donors (Lipinski definition) is 0. The van der Waals surface area contributed by atoms with Crippen LogP contribution in [0.3, 0.4) is 0 Å². The largest absolute Gasteiger partial charge is 0.378 e. The van der Waals surface area contributed by atoms with Crippen molar-refractivity contribution in [3.8, 4) is 5.69 Å². The van der Waals surface area contributed by atoms with Crippen LogP contribution in [0.4, 0.5) is 5.69 Å². The smallest absolute Gasteiger partial charge is 0.179 e. The van der Waals surface area contributed by atoms with Crippen LogP contribution in [0.2, 0.25) is 0 Å². The van der Waals surface area contributed by atoms with E-state index in [0.717, 1.165) is 11.3 Å². The Balaban J connectivity index is 1.83. The summed E-state index contributed by atoms with van der Waals surface area (Å²) in [5.41, 5.74) is 3.22. The van der Waals surface area contributed by atoms with Crippen molar-refractivity contribution in [1.82, 2.24) is 20.2 Å². The minimum atomic E-state index is 0.697. The Bertz CT molecular complexity index is 757. The topological polar surface area (TPSA) is 46.8 Å². The molecule has 5 nitrogen and oxygen atoms in total. The third kappa shape index (κ3) is 3.03. The lowest BCUT2D eigenvalue weighted by Gasteiger charge is -2.11. The first-order chi connectivity index (χ1) is 10.7. The van der Waals surface area contributed by atoms with E-state index in [2.05, 4.69) is 44.7 Å². The van der Waals surface area contributed by atoms with Crippen LogP contribution < -0.4 is 4.90 Å². The number of anilines is 1. The highest BCUT2D eigenvalue weighted by atomic mass is 15.5. The fourth-order valence-electron chi connectivity index (χ4n) is 2.11. The van der Waals surface area contributed by atoms with Crippen molar-refractivity contribution in [2.45, 2.75) is 0 Å². The Morgan fingerprint density at radius 2 is 1.64 bits per heavy atom. The Labute approximate surface area is 129 Å². The van der Waals surface area contributed by atoms with Crippen LogP contribution in [0.25, 0.3) is 17.8 Å². The summed E-state index contributed by atoms with van der Waals surface area (Å²) in [7, 11) is 4.05. The molecule has 0 unspecified atom stereocenters. The molecule has 22 heavy (non-hydrogen) atoms. The Morgan fingerprint density at radius 3 is 2.32 bits per heavy atom. The van der Waals surface area contributed by atoms with Gasteiger partial charge >= 0.3 is 0 Å². The maximum absolute atomic E-state index is 4.06. The highest BCUT2D eigenvalue weighted by Crippen LogP contribution is 2.15. The van der Waals surface area contributed by atoms with Crippen molar-refractivity contribution in [3.63, 3.8) is 0 Å². The van der Waals surface area contributed by atoms with Gasteiger partial charge in [0.05, 0.1) is 5.69 Å². The number of aromatic nitrogens is 4. The first-order valence-corrected chi connectivity index (χ1v) is 7.03. The van der Waals surface area contributed by atoms with Crippen LogP contribution in [-0.4, -0.2) is 34.3 Å². The summed E-state index contributed by atoms with van der Waals surface area (Å²) in [6.45, 7) is 0. The second-order valence-corrected chi connectivity index (χ2v) is 5.10. The van der Waals surface area contributed by atoms with Crippen LogP contribution in [0.15, 0.2) is 54.6 Å². The zero-order valence-corrected chi connectivity index (χ0v) is 12.6. The van der Waals surface area contributed by atoms with Gasteiger partial charge in [0.15, 0.2) is 5.82 Å². The molecular weight excluding hydrogens is 274 g/mol. The molecule has 0 aliphatic carbocycles. The summed E-state index contributed by atoms with van der Waals surface area (Å²) < 4.78 is 1.71. The van der Waals surface area contributed by atoms with E-state index in [1.807, 2.05) is 56.6 Å². The molecule has 1 aromatic heterocycles. The Kier molecular flexibility index (Phi) is 3.96. The molecule has 0 aliphatic heterocycles. The second-order valence-electron chi connectivity index (χ2n) is 5.10. The number of hydrogen-bond acceptors (Lipinski definition) is 4. The van der Waals surface area contributed by atoms with Gasteiger partial charge in [0.1, 0.15) is 0 Å². The van der Waals surface area contributed by atoms with Gasteiger partial charge in [0.25, 0.3) is 0 Å². The van der Waals surface area contributed by atoms with Gasteiger partial charge in [-0.1, -0.05) is 36.4 Å². The third-order valence-electron chi connectivity index (χ3n) is 3.33. The fraction of sp³-hybridized carbons (Fsp3) is 0.118. The highest BCUT2D eigenvalue weighted by Gasteiger charge is 2.04. The van der Waals surface area contributed by atoms with Crippen LogP contribution in [-0.2, 0) is 0 Å². The SMILES string of the molecule is CN(C)c1ccc(/C=C/c2nnnn2-c2ccccc2)cc1. The Morgan fingerprint density at radius 1 is 0.909 bits per heavy atom. The molecule has 0 saturated heterocycles. The van der Waals surface area contributed by atoms with E-state index in [1.165, 1.54) is 5.69 Å². The molecule has 0 amide bonds. The summed E-state index contributed by atoms with van der Waals surface area (Å²) in [6.07, 6.45) is 3.92. The van der Waals surface area contributed by atoms with Gasteiger partial charge in [-0.3, -0.25) is 0 Å². The van der Waals surface area contributed by atoms with E-state index in [1.54, 1.807) is 4.68 Å². The molecule has 3 rings (SSSR count). The van der Waals surface area contributed by atoms with Crippen LogP contribution in [0, 0.1) is 0 Å². The van der Waals surface area contributed by atoms with Crippen molar-refractivity contribution in [2.24, 2.45) is 0 Å². The van der Waals surface area contributed by atoms with Crippen LogP contribution in [0.5, 0.6) is 0 Å². The standard InChI is InChI=1S/C17H17N5/c1-21(2)15-11-8-14(9-12-15)10-13-17-18-19-20-22(17)16-6-4-3-5-7-16/h3-13H,1-2H3/b13-10+. The molecule has 2 aromatic carbocycles. The van der Waals surface area contributed by atoms with Gasteiger partial charge < -0.3 is 4.90 Å². The molecule has 110 valence electrons. The number of benzene rings is 2. The van der Waals surface area contributed by atoms with Gasteiger partial charge in [0, 0.05) is 19.8 Å². The summed E-state index contributed by atoms with van der Waals surface area (Å²) in [5, 5.41) is 11.8. The average molecular weight is 291 g/mol. The lowest BCUT2D eigenvalue weighted by molar-refractivity contribution is 0.787. The van der Waals surface area contributed by atoms with E-state index in [-0.39, 0.29) is 0 Å². The molecule has 0 N–H and O–H groups in total. The monoisotopic (exact) mass is 291 g/mol. The molecule has 0 fully saturated rings. The Hall–Kier alpha value is -2.95. The highest BCUT2D eigenvalue weighted by molar-refractivity contribution is 5.68. The minimum absolute atomic E-state index is 0.697. The van der Waals surface area contributed by atoms with E-state index in [9.17, 15) is 0 Å². The summed E-state index contributed by atoms with van der Waals surface area (Å²) >= 11 is 0. The molecule has 0 saturated carbocycles. The minimum Gasteiger partial charge on any atom is -0.378 e. The number of nitrogens with zero attached hydrogens (tertiary/aromatic N) is 5. The normalized spacial score (nSPS) is 11.0. The molecular formula is C17H17N5. The van der Waals surface area contributed by atoms with Crippen molar-refractivity contribution in [1.29, 1.82) is 0 Å². The fourth-order valence-corrected chi connectivity index (χ4v) is 2.11. The lowest BCUT2D eigenvalue weighted by atomic mass is 10.2. The van der Waals surface area contributed by atoms with E-state index < -0.39 is 0 Å². The van der Waals surface area contributed by atoms with Crippen molar-refractivity contribution in [2.75, 3.05) is 19.0 Å². The zero-order valence-electron chi connectivity index (χ0n) is 12.6. The third-order valence-corrected chi connectivity index (χ3v) is 3.33. The molecule has 0 radical (unpaired) electrons. The van der Waals surface area contributed by atoms with Gasteiger partial charge in [-0.05, 0) is 46.3 Å². The van der Waals surface area contributed by atoms with Crippen LogP contribution in [0.1, 0.15) is 11.4 Å². The predicted molar refractivity (Wildman–Crippen MR) is 88.9 cm³/mol. The lowest BCUT2D eigenvalue weighted by Crippen LogP contribution is -2.07. The number of para-hydroxylation sites is 1. The average Bonchev–Trinajstić information content (AvgIpc) is 3.02. The quantitative estimate of drug-likeness (QED) is 0.741. The van der Waals surface area contributed by atoms with E-state index in [4.69, 9.17) is 0 Å². The molecule has 3 aromatic rings. The van der Waals surface area contributed by atoms with Crippen molar-refractivity contribution in [3.05, 3.63) is 66.0 Å². The van der Waals surface area contributed by atoms with Gasteiger partial charge in [-0.25, -0.2) is 0 Å². The summed E-state index contributed by atoms with van der Waals surface area (Å²) in [6, 6.07) is 18.1. The molecule has 0 spiro atoms. The maximum Gasteiger partial charge on any atom is 0.179 e. The van der Waals surface area contributed by atoms with Crippen molar-refractivity contribution >= 4 is 17.8 Å². The van der Waals surface area contributed by atoms with Crippen molar-refractivity contribution < 1.29 is 0 Å². The van der Waals surface area contributed by atoms with Gasteiger partial charge in [0.2, 0.25) is 0 Å². The first-order valence-electron chi connectivity index (χ1n) is 7.03. The van der Waals surface area contributed by atoms with Crippen LogP contribution >= 0.6 is 0 Å². The van der Waals surface area contributed by atoms with Gasteiger partial charge in [-0.15, -0.1) is 5.10 Å². The predicted octanol–water partition coefficient (Wildman–Crippen LogP) is 2.90. The second kappa shape index (κ2) is 6.22. The molecule has 0 atom stereocenters. The maximum atomic E-state index is 4.06. The summed E-state index contributed by atoms with van der Waals surface area (Å²) in [4.78, 5) is 2.07.